The molecule has 6 heteroatoms. The van der Waals surface area contributed by atoms with E-state index in [2.05, 4.69) is 55.5 Å². The van der Waals surface area contributed by atoms with Crippen molar-refractivity contribution in [2.75, 3.05) is 20.3 Å². The lowest BCUT2D eigenvalue weighted by Crippen LogP contribution is -2.43. The molecule has 6 nitrogen and oxygen atoms in total. The van der Waals surface area contributed by atoms with Crippen LogP contribution in [0.15, 0.2) is 24.4 Å². The average Bonchev–Trinajstić information content (AvgIpc) is 3.50. The number of rotatable bonds is 11. The number of alkyl carbamates (subject to hydrolysis) is 1. The Hall–Kier alpha value is -2.05. The lowest BCUT2D eigenvalue weighted by molar-refractivity contribution is 0.0509. The highest BCUT2D eigenvalue weighted by molar-refractivity contribution is 5.84. The van der Waals surface area contributed by atoms with E-state index in [1.807, 2.05) is 20.8 Å². The van der Waals surface area contributed by atoms with Crippen molar-refractivity contribution in [3.8, 4) is 0 Å². The van der Waals surface area contributed by atoms with E-state index < -0.39 is 0 Å². The van der Waals surface area contributed by atoms with Crippen LogP contribution in [0.1, 0.15) is 71.4 Å². The highest BCUT2D eigenvalue weighted by Gasteiger charge is 2.39. The molecule has 2 heterocycles. The van der Waals surface area contributed by atoms with Crippen LogP contribution in [0, 0.1) is 11.8 Å². The van der Waals surface area contributed by atoms with E-state index in [1.54, 1.807) is 7.11 Å². The molecular weight excluding hydrogens is 416 g/mol. The molecule has 1 aliphatic heterocycles. The summed E-state index contributed by atoms with van der Waals surface area (Å²) in [7, 11) is 1.75. The van der Waals surface area contributed by atoms with Gasteiger partial charge in [-0.05, 0) is 81.0 Å². The van der Waals surface area contributed by atoms with Gasteiger partial charge in [-0.25, -0.2) is 4.79 Å². The third kappa shape index (κ3) is 7.21. The monoisotopic (exact) mass is 458 g/mol. The fraction of sp³-hybridized carbons (Fsp3) is 0.667. The van der Waals surface area contributed by atoms with Gasteiger partial charge >= 0.3 is 6.09 Å². The second-order valence-electron chi connectivity index (χ2n) is 10.8. The van der Waals surface area contributed by atoms with Gasteiger partial charge in [0.1, 0.15) is 12.2 Å². The Labute approximate surface area is 198 Å². The minimum atomic E-state index is -0.368. The van der Waals surface area contributed by atoms with Gasteiger partial charge in [0, 0.05) is 36.4 Å². The Kier molecular flexibility index (Phi) is 8.46. The van der Waals surface area contributed by atoms with Crippen molar-refractivity contribution in [3.05, 3.63) is 35.5 Å². The Morgan fingerprint density at radius 3 is 2.61 bits per heavy atom. The molecule has 4 atom stereocenters. The van der Waals surface area contributed by atoms with Crippen molar-refractivity contribution in [2.24, 2.45) is 11.8 Å². The van der Waals surface area contributed by atoms with Crippen LogP contribution in [0.4, 0.5) is 4.79 Å². The smallest absolute Gasteiger partial charge is 0.407 e. The van der Waals surface area contributed by atoms with Crippen LogP contribution >= 0.6 is 0 Å². The van der Waals surface area contributed by atoms with Gasteiger partial charge in [-0.15, -0.1) is 0 Å². The van der Waals surface area contributed by atoms with Gasteiger partial charge < -0.3 is 24.5 Å². The zero-order chi connectivity index (χ0) is 24.2. The van der Waals surface area contributed by atoms with Gasteiger partial charge in [-0.1, -0.05) is 26.8 Å². The summed E-state index contributed by atoms with van der Waals surface area (Å²) in [5.74, 6) is 1.13. The number of aromatic nitrogens is 1. The molecule has 33 heavy (non-hydrogen) atoms. The second kappa shape index (κ2) is 10.9. The van der Waals surface area contributed by atoms with Gasteiger partial charge in [-0.2, -0.15) is 0 Å². The van der Waals surface area contributed by atoms with Gasteiger partial charge in [0.15, 0.2) is 0 Å². The number of carbonyl (C=O) groups is 1. The predicted octanol–water partition coefficient (Wildman–Crippen LogP) is 5.80. The van der Waals surface area contributed by atoms with Crippen LogP contribution < -0.4 is 5.32 Å². The van der Waals surface area contributed by atoms with E-state index in [4.69, 9.17) is 14.2 Å². The number of hydrogen-bond acceptors (Lipinski definition) is 4. The van der Waals surface area contributed by atoms with Crippen LogP contribution in [0.3, 0.4) is 0 Å². The summed E-state index contributed by atoms with van der Waals surface area (Å²) in [6.07, 6.45) is 4.31. The highest BCUT2D eigenvalue weighted by Crippen LogP contribution is 2.37. The molecule has 1 saturated heterocycles. The van der Waals surface area contributed by atoms with E-state index in [1.165, 1.54) is 22.0 Å². The first-order valence-corrected chi connectivity index (χ1v) is 12.3. The number of epoxide rings is 1. The third-order valence-electron chi connectivity index (χ3n) is 6.62. The first-order valence-electron chi connectivity index (χ1n) is 12.3. The summed E-state index contributed by atoms with van der Waals surface area (Å²) in [6, 6.07) is 6.75. The van der Waals surface area contributed by atoms with Gasteiger partial charge in [0.2, 0.25) is 0 Å². The van der Waals surface area contributed by atoms with Crippen molar-refractivity contribution < 1.29 is 19.0 Å². The largest absolute Gasteiger partial charge is 0.443 e. The van der Waals surface area contributed by atoms with E-state index in [0.29, 0.717) is 24.4 Å². The molecule has 0 saturated carbocycles. The number of methoxy groups -OCH3 is 1. The quantitative estimate of drug-likeness (QED) is 0.329. The number of aromatic amines is 1. The molecular formula is C27H42N2O4. The summed E-state index contributed by atoms with van der Waals surface area (Å²) in [5.41, 5.74) is 3.50. The summed E-state index contributed by atoms with van der Waals surface area (Å²) in [6.45, 7) is 14.1. The van der Waals surface area contributed by atoms with Crippen LogP contribution in [0.25, 0.3) is 10.9 Å². The minimum Gasteiger partial charge on any atom is -0.443 e. The molecule has 0 bridgehead atoms. The summed E-state index contributed by atoms with van der Waals surface area (Å²) < 4.78 is 16.6. The maximum absolute atomic E-state index is 12.5. The van der Waals surface area contributed by atoms with E-state index in [9.17, 15) is 4.79 Å². The summed E-state index contributed by atoms with van der Waals surface area (Å²) in [4.78, 5) is 15.9. The number of H-pyrrole nitrogens is 1. The van der Waals surface area contributed by atoms with Gasteiger partial charge in [0.05, 0.1) is 6.61 Å². The highest BCUT2D eigenvalue weighted by atomic mass is 16.6. The fourth-order valence-electron chi connectivity index (χ4n) is 4.68. The number of fused-ring (bicyclic) bond motifs is 1. The second-order valence-corrected chi connectivity index (χ2v) is 10.8. The zero-order valence-corrected chi connectivity index (χ0v) is 21.4. The number of nitrogens with one attached hydrogen (secondary N) is 2. The SMILES string of the molecule is COCCCc1c[nH]c2ccc(C(C)C(CC(OC(=O)NC(C)(C)C)C3CO3)C(C)C)cc12. The number of aryl methyl sites for hydroxylation is 1. The topological polar surface area (TPSA) is 75.9 Å². The van der Waals surface area contributed by atoms with Crippen LogP contribution in [-0.2, 0) is 20.6 Å². The van der Waals surface area contributed by atoms with E-state index in [-0.39, 0.29) is 23.8 Å². The number of benzene rings is 1. The Morgan fingerprint density at radius 2 is 2.00 bits per heavy atom. The molecule has 0 spiro atoms. The molecule has 184 valence electrons. The summed E-state index contributed by atoms with van der Waals surface area (Å²) >= 11 is 0. The molecule has 0 aliphatic carbocycles. The number of ether oxygens (including phenoxy) is 3. The molecule has 1 aromatic carbocycles. The standard InChI is InChI=1S/C27H42N2O4/c1-17(2)21(14-24(25-16-32-25)33-26(30)29-27(4,5)6)18(3)19-10-11-23-22(13-19)20(15-28-23)9-8-12-31-7/h10-11,13,15,17-18,21,24-25,28H,8-9,12,14,16H2,1-7H3,(H,29,30). The Morgan fingerprint density at radius 1 is 1.27 bits per heavy atom. The number of hydrogen-bond donors (Lipinski definition) is 2. The maximum Gasteiger partial charge on any atom is 0.407 e. The molecule has 1 aliphatic rings. The fourth-order valence-corrected chi connectivity index (χ4v) is 4.68. The normalized spacial score (nSPS) is 18.8. The van der Waals surface area contributed by atoms with Gasteiger partial charge in [0.25, 0.3) is 0 Å². The molecule has 0 radical (unpaired) electrons. The molecule has 2 N–H and O–H groups in total. The molecule has 1 fully saturated rings. The van der Waals surface area contributed by atoms with Crippen molar-refractivity contribution >= 4 is 17.0 Å². The lowest BCUT2D eigenvalue weighted by atomic mass is 9.76. The van der Waals surface area contributed by atoms with Gasteiger partial charge in [-0.3, -0.25) is 0 Å². The summed E-state index contributed by atoms with van der Waals surface area (Å²) in [5, 5.41) is 4.20. The zero-order valence-electron chi connectivity index (χ0n) is 21.4. The molecule has 2 aromatic rings. The number of carbonyl (C=O) groups excluding carboxylic acids is 1. The van der Waals surface area contributed by atoms with Crippen molar-refractivity contribution in [2.45, 2.75) is 84.5 Å². The van der Waals surface area contributed by atoms with E-state index in [0.717, 1.165) is 25.9 Å². The van der Waals surface area contributed by atoms with Crippen LogP contribution in [0.2, 0.25) is 0 Å². The van der Waals surface area contributed by atoms with Crippen LogP contribution in [0.5, 0.6) is 0 Å². The van der Waals surface area contributed by atoms with Crippen molar-refractivity contribution in [1.82, 2.24) is 10.3 Å². The Balaban J connectivity index is 1.76. The molecule has 1 aromatic heterocycles. The predicted molar refractivity (Wildman–Crippen MR) is 133 cm³/mol. The van der Waals surface area contributed by atoms with E-state index >= 15 is 0 Å². The molecule has 3 rings (SSSR count). The third-order valence-corrected chi connectivity index (χ3v) is 6.62. The Bertz CT molecular complexity index is 910. The lowest BCUT2D eigenvalue weighted by Gasteiger charge is -2.31. The first-order chi connectivity index (χ1) is 15.6. The molecule has 1 amide bonds. The molecule has 4 unspecified atom stereocenters. The maximum atomic E-state index is 12.5. The average molecular weight is 459 g/mol. The minimum absolute atomic E-state index is 0.00343. The van der Waals surface area contributed by atoms with Crippen molar-refractivity contribution in [3.63, 3.8) is 0 Å². The number of amides is 1. The van der Waals surface area contributed by atoms with Crippen molar-refractivity contribution in [1.29, 1.82) is 0 Å². The first kappa shape index (κ1) is 25.6. The van der Waals surface area contributed by atoms with Crippen LogP contribution in [-0.4, -0.2) is 49.1 Å².